The molecule has 1 spiro atoms. The van der Waals surface area contributed by atoms with E-state index in [1.807, 2.05) is 61.6 Å². The molecule has 0 aromatic heterocycles. The molecule has 2 aromatic rings. The molecule has 0 aliphatic carbocycles. The molecular weight excluding hydrogens is 328 g/mol. The molecule has 5 heteroatoms. The number of para-hydroxylation sites is 1. The number of ether oxygens (including phenoxy) is 1. The van der Waals surface area contributed by atoms with Crippen molar-refractivity contribution < 1.29 is 14.3 Å². The minimum atomic E-state index is -0.498. The summed E-state index contributed by atoms with van der Waals surface area (Å²) in [7, 11) is 1.83. The molecule has 134 valence electrons. The van der Waals surface area contributed by atoms with Gasteiger partial charge in [-0.3, -0.25) is 4.79 Å². The maximum Gasteiger partial charge on any atom is 0.410 e. The Morgan fingerprint density at radius 2 is 1.69 bits per heavy atom. The lowest BCUT2D eigenvalue weighted by molar-refractivity contribution is -0.124. The molecule has 5 nitrogen and oxygen atoms in total. The zero-order valence-corrected chi connectivity index (χ0v) is 14.9. The maximum atomic E-state index is 12.9. The summed E-state index contributed by atoms with van der Waals surface area (Å²) in [5, 5.41) is 0. The third kappa shape index (κ3) is 2.64. The molecule has 2 aliphatic rings. The van der Waals surface area contributed by atoms with Crippen LogP contribution in [-0.2, 0) is 21.6 Å². The Bertz CT molecular complexity index is 826. The van der Waals surface area contributed by atoms with Crippen molar-refractivity contribution in [3.05, 3.63) is 65.7 Å². The predicted molar refractivity (Wildman–Crippen MR) is 99.0 cm³/mol. The third-order valence-electron chi connectivity index (χ3n) is 5.58. The number of benzene rings is 2. The second-order valence-electron chi connectivity index (χ2n) is 6.99. The van der Waals surface area contributed by atoms with E-state index in [0.717, 1.165) is 16.8 Å². The van der Waals surface area contributed by atoms with E-state index in [-0.39, 0.29) is 18.6 Å². The smallest absolute Gasteiger partial charge is 0.410 e. The molecule has 2 aliphatic heterocycles. The predicted octanol–water partition coefficient (Wildman–Crippen LogP) is 3.33. The summed E-state index contributed by atoms with van der Waals surface area (Å²) in [5.74, 6) is 0.135. The Morgan fingerprint density at radius 1 is 1.04 bits per heavy atom. The van der Waals surface area contributed by atoms with E-state index < -0.39 is 5.41 Å². The molecule has 26 heavy (non-hydrogen) atoms. The van der Waals surface area contributed by atoms with Crippen LogP contribution < -0.4 is 4.90 Å². The largest absolute Gasteiger partial charge is 0.445 e. The molecule has 2 heterocycles. The number of hydrogen-bond donors (Lipinski definition) is 0. The molecule has 1 fully saturated rings. The first-order valence-electron chi connectivity index (χ1n) is 8.95. The van der Waals surface area contributed by atoms with Gasteiger partial charge in [-0.1, -0.05) is 48.5 Å². The van der Waals surface area contributed by atoms with E-state index in [1.165, 1.54) is 0 Å². The fourth-order valence-corrected chi connectivity index (χ4v) is 4.08. The zero-order chi connectivity index (χ0) is 18.1. The fraction of sp³-hybridized carbons (Fsp3) is 0.333. The van der Waals surface area contributed by atoms with Gasteiger partial charge in [0.05, 0.1) is 5.41 Å². The van der Waals surface area contributed by atoms with E-state index in [4.69, 9.17) is 4.74 Å². The van der Waals surface area contributed by atoms with Gasteiger partial charge in [0.2, 0.25) is 5.91 Å². The SMILES string of the molecule is CN1C(=O)C2(CCN(C(=O)OCc3ccccc3)CC2)c2ccccc21. The number of nitrogens with zero attached hydrogens (tertiary/aromatic N) is 2. The Hall–Kier alpha value is -2.82. The van der Waals surface area contributed by atoms with Crippen LogP contribution in [0.4, 0.5) is 10.5 Å². The number of carbonyl (C=O) groups excluding carboxylic acids is 2. The highest BCUT2D eigenvalue weighted by Gasteiger charge is 2.51. The van der Waals surface area contributed by atoms with Gasteiger partial charge in [0, 0.05) is 25.8 Å². The van der Waals surface area contributed by atoms with E-state index in [1.54, 1.807) is 9.80 Å². The number of likely N-dealkylation sites (N-methyl/N-ethyl adjacent to an activating group) is 1. The summed E-state index contributed by atoms with van der Waals surface area (Å²) in [5.41, 5.74) is 2.54. The van der Waals surface area contributed by atoms with E-state index >= 15 is 0 Å². The summed E-state index contributed by atoms with van der Waals surface area (Å²) < 4.78 is 5.43. The van der Waals surface area contributed by atoms with Crippen LogP contribution in [0.5, 0.6) is 0 Å². The van der Waals surface area contributed by atoms with Crippen LogP contribution >= 0.6 is 0 Å². The maximum absolute atomic E-state index is 12.9. The van der Waals surface area contributed by atoms with Gasteiger partial charge in [0.1, 0.15) is 6.61 Å². The molecule has 0 saturated carbocycles. The van der Waals surface area contributed by atoms with Crippen molar-refractivity contribution in [1.29, 1.82) is 0 Å². The lowest BCUT2D eigenvalue weighted by Crippen LogP contribution is -2.49. The Balaban J connectivity index is 1.43. The van der Waals surface area contributed by atoms with Crippen molar-refractivity contribution in [2.45, 2.75) is 24.9 Å². The summed E-state index contributed by atoms with van der Waals surface area (Å²) in [6.07, 6.45) is 0.956. The number of carbonyl (C=O) groups is 2. The first-order valence-corrected chi connectivity index (χ1v) is 8.95. The Kier molecular flexibility index (Phi) is 4.15. The van der Waals surface area contributed by atoms with Crippen LogP contribution in [0.15, 0.2) is 54.6 Å². The van der Waals surface area contributed by atoms with Crippen LogP contribution in [0, 0.1) is 0 Å². The average molecular weight is 350 g/mol. The van der Waals surface area contributed by atoms with Gasteiger partial charge in [-0.25, -0.2) is 4.79 Å². The van der Waals surface area contributed by atoms with Crippen molar-refractivity contribution in [2.24, 2.45) is 0 Å². The highest BCUT2D eigenvalue weighted by Crippen LogP contribution is 2.47. The molecule has 4 rings (SSSR count). The number of piperidine rings is 1. The highest BCUT2D eigenvalue weighted by atomic mass is 16.6. The van der Waals surface area contributed by atoms with Gasteiger partial charge in [-0.2, -0.15) is 0 Å². The van der Waals surface area contributed by atoms with Gasteiger partial charge in [-0.05, 0) is 30.0 Å². The number of rotatable bonds is 2. The van der Waals surface area contributed by atoms with Crippen molar-refractivity contribution in [1.82, 2.24) is 4.90 Å². The average Bonchev–Trinajstić information content (AvgIpc) is 2.90. The summed E-state index contributed by atoms with van der Waals surface area (Å²) in [4.78, 5) is 28.8. The van der Waals surface area contributed by atoms with E-state index in [0.29, 0.717) is 25.9 Å². The zero-order valence-electron chi connectivity index (χ0n) is 14.9. The summed E-state index contributed by atoms with van der Waals surface area (Å²) >= 11 is 0. The number of anilines is 1. The minimum absolute atomic E-state index is 0.135. The van der Waals surface area contributed by atoms with Crippen LogP contribution in [0.2, 0.25) is 0 Å². The quantitative estimate of drug-likeness (QED) is 0.835. The minimum Gasteiger partial charge on any atom is -0.445 e. The number of amides is 2. The van der Waals surface area contributed by atoms with Crippen molar-refractivity contribution in [3.63, 3.8) is 0 Å². The lowest BCUT2D eigenvalue weighted by Gasteiger charge is -2.37. The topological polar surface area (TPSA) is 49.9 Å². The fourth-order valence-electron chi connectivity index (χ4n) is 4.08. The van der Waals surface area contributed by atoms with E-state index in [2.05, 4.69) is 0 Å². The van der Waals surface area contributed by atoms with Gasteiger partial charge < -0.3 is 14.5 Å². The molecule has 0 bridgehead atoms. The van der Waals surface area contributed by atoms with Crippen LogP contribution in [0.1, 0.15) is 24.0 Å². The van der Waals surface area contributed by atoms with Gasteiger partial charge >= 0.3 is 6.09 Å². The standard InChI is InChI=1S/C21H22N2O3/c1-22-18-10-6-5-9-17(18)21(19(22)24)11-13-23(14-12-21)20(25)26-15-16-7-3-2-4-8-16/h2-10H,11-15H2,1H3. The molecular formula is C21H22N2O3. The van der Waals surface area contributed by atoms with Crippen LogP contribution in [0.3, 0.4) is 0 Å². The molecule has 0 unspecified atom stereocenters. The van der Waals surface area contributed by atoms with Crippen molar-refractivity contribution >= 4 is 17.7 Å². The third-order valence-corrected chi connectivity index (χ3v) is 5.58. The van der Waals surface area contributed by atoms with Crippen molar-refractivity contribution in [3.8, 4) is 0 Å². The molecule has 0 atom stereocenters. The number of hydrogen-bond acceptors (Lipinski definition) is 3. The van der Waals surface area contributed by atoms with E-state index in [9.17, 15) is 9.59 Å². The van der Waals surface area contributed by atoms with Crippen molar-refractivity contribution in [2.75, 3.05) is 25.0 Å². The Morgan fingerprint density at radius 3 is 2.42 bits per heavy atom. The highest BCUT2D eigenvalue weighted by molar-refractivity contribution is 6.07. The van der Waals surface area contributed by atoms with Crippen LogP contribution in [-0.4, -0.2) is 37.0 Å². The normalized spacial score (nSPS) is 18.1. The monoisotopic (exact) mass is 350 g/mol. The molecule has 2 aromatic carbocycles. The lowest BCUT2D eigenvalue weighted by atomic mass is 9.74. The van der Waals surface area contributed by atoms with Gasteiger partial charge in [-0.15, -0.1) is 0 Å². The molecule has 1 saturated heterocycles. The number of fused-ring (bicyclic) bond motifs is 2. The van der Waals surface area contributed by atoms with Crippen LogP contribution in [0.25, 0.3) is 0 Å². The van der Waals surface area contributed by atoms with Gasteiger partial charge in [0.15, 0.2) is 0 Å². The first-order chi connectivity index (χ1) is 12.6. The molecule has 2 amide bonds. The second kappa shape index (κ2) is 6.48. The first kappa shape index (κ1) is 16.6. The summed E-state index contributed by atoms with van der Waals surface area (Å²) in [6, 6.07) is 17.6. The molecule has 0 N–H and O–H groups in total. The second-order valence-corrected chi connectivity index (χ2v) is 6.99. The number of likely N-dealkylation sites (tertiary alicyclic amines) is 1. The molecule has 0 radical (unpaired) electrons. The van der Waals surface area contributed by atoms with Gasteiger partial charge in [0.25, 0.3) is 0 Å². The summed E-state index contributed by atoms with van der Waals surface area (Å²) in [6.45, 7) is 1.33. The Labute approximate surface area is 153 Å².